The van der Waals surface area contributed by atoms with E-state index in [0.29, 0.717) is 5.89 Å². The summed E-state index contributed by atoms with van der Waals surface area (Å²) in [4.78, 5) is 0. The lowest BCUT2D eigenvalue weighted by atomic mass is 10.0. The molecule has 2 rings (SSSR count). The normalized spacial score (nSPS) is 21.5. The topological polar surface area (TPSA) is 38.9 Å². The van der Waals surface area contributed by atoms with Gasteiger partial charge < -0.3 is 4.42 Å². The Hall–Kier alpha value is -0.570. The van der Waals surface area contributed by atoms with Crippen LogP contribution in [0, 0.1) is 0 Å². The van der Waals surface area contributed by atoms with E-state index < -0.39 is 0 Å². The Morgan fingerprint density at radius 2 is 2.23 bits per heavy atom. The van der Waals surface area contributed by atoms with Crippen molar-refractivity contribution >= 4 is 11.6 Å². The predicted octanol–water partition coefficient (Wildman–Crippen LogP) is 2.81. The van der Waals surface area contributed by atoms with Crippen molar-refractivity contribution in [3.63, 3.8) is 0 Å². The first-order chi connectivity index (χ1) is 6.18. The van der Waals surface area contributed by atoms with Crippen LogP contribution in [-0.4, -0.2) is 10.2 Å². The highest BCUT2D eigenvalue weighted by Gasteiger charge is 2.47. The zero-order valence-corrected chi connectivity index (χ0v) is 8.64. The molecule has 4 heteroatoms. The predicted molar refractivity (Wildman–Crippen MR) is 49.8 cm³/mol. The molecule has 0 N–H and O–H groups in total. The number of hydrogen-bond donors (Lipinski definition) is 0. The molecule has 1 aromatic heterocycles. The minimum atomic E-state index is -0.186. The second kappa shape index (κ2) is 2.98. The van der Waals surface area contributed by atoms with Crippen LogP contribution in [0.2, 0.25) is 0 Å². The molecule has 0 amide bonds. The van der Waals surface area contributed by atoms with Crippen LogP contribution < -0.4 is 0 Å². The monoisotopic (exact) mass is 200 g/mol. The third-order valence-corrected chi connectivity index (χ3v) is 2.95. The first-order valence-electron chi connectivity index (χ1n) is 4.66. The maximum Gasteiger partial charge on any atom is 0.234 e. The summed E-state index contributed by atoms with van der Waals surface area (Å²) in [5.74, 6) is 1.31. The second-order valence-corrected chi connectivity index (χ2v) is 4.35. The quantitative estimate of drug-likeness (QED) is 0.705. The van der Waals surface area contributed by atoms with Crippen LogP contribution in [0.4, 0.5) is 0 Å². The van der Waals surface area contributed by atoms with Gasteiger partial charge in [0.2, 0.25) is 11.8 Å². The maximum absolute atomic E-state index is 5.83. The van der Waals surface area contributed by atoms with Crippen molar-refractivity contribution in [3.8, 4) is 0 Å². The number of halogens is 1. The van der Waals surface area contributed by atoms with Gasteiger partial charge in [0, 0.05) is 5.41 Å². The third-order valence-electron chi connectivity index (χ3n) is 2.76. The van der Waals surface area contributed by atoms with Crippen LogP contribution in [0.5, 0.6) is 0 Å². The summed E-state index contributed by atoms with van der Waals surface area (Å²) in [5, 5.41) is 7.78. The van der Waals surface area contributed by atoms with Gasteiger partial charge in [-0.3, -0.25) is 0 Å². The molecule has 0 saturated heterocycles. The molecule has 72 valence electrons. The lowest BCUT2D eigenvalue weighted by Crippen LogP contribution is -2.04. The van der Waals surface area contributed by atoms with E-state index in [1.165, 1.54) is 12.8 Å². The summed E-state index contributed by atoms with van der Waals surface area (Å²) >= 11 is 5.83. The van der Waals surface area contributed by atoms with E-state index in [1.54, 1.807) is 0 Å². The van der Waals surface area contributed by atoms with Crippen LogP contribution in [0.25, 0.3) is 0 Å². The Bertz CT molecular complexity index is 304. The van der Waals surface area contributed by atoms with E-state index in [2.05, 4.69) is 17.1 Å². The van der Waals surface area contributed by atoms with Crippen LogP contribution in [0.1, 0.15) is 50.3 Å². The third kappa shape index (κ3) is 1.46. The number of alkyl halides is 1. The molecule has 0 radical (unpaired) electrons. The Balaban J connectivity index is 2.23. The summed E-state index contributed by atoms with van der Waals surface area (Å²) in [5.41, 5.74) is 0.191. The fourth-order valence-electron chi connectivity index (χ4n) is 1.48. The number of hydrogen-bond acceptors (Lipinski definition) is 3. The zero-order valence-electron chi connectivity index (χ0n) is 7.88. The van der Waals surface area contributed by atoms with Crippen LogP contribution in [-0.2, 0) is 5.41 Å². The lowest BCUT2D eigenvalue weighted by molar-refractivity contribution is 0.399. The standard InChI is InChI=1S/C9H13ClN2O/c1-3-9(4-5-9)8-12-11-7(13-8)6(2)10/h6H,3-5H2,1-2H3. The van der Waals surface area contributed by atoms with Gasteiger partial charge in [0.1, 0.15) is 5.38 Å². The molecule has 0 bridgehead atoms. The molecule has 1 atom stereocenters. The molecule has 13 heavy (non-hydrogen) atoms. The van der Waals surface area contributed by atoms with Crippen molar-refractivity contribution in [2.75, 3.05) is 0 Å². The molecule has 1 unspecified atom stereocenters. The fourth-order valence-corrected chi connectivity index (χ4v) is 1.57. The number of rotatable bonds is 3. The van der Waals surface area contributed by atoms with E-state index in [9.17, 15) is 0 Å². The van der Waals surface area contributed by atoms with Gasteiger partial charge in [-0.05, 0) is 26.2 Å². The average molecular weight is 201 g/mol. The van der Waals surface area contributed by atoms with E-state index in [0.717, 1.165) is 12.3 Å². The number of nitrogens with zero attached hydrogens (tertiary/aromatic N) is 2. The van der Waals surface area contributed by atoms with Crippen LogP contribution >= 0.6 is 11.6 Å². The van der Waals surface area contributed by atoms with Gasteiger partial charge in [-0.2, -0.15) is 0 Å². The molecular weight excluding hydrogens is 188 g/mol. The molecule has 1 heterocycles. The molecule has 0 aromatic carbocycles. The lowest BCUT2D eigenvalue weighted by Gasteiger charge is -2.04. The largest absolute Gasteiger partial charge is 0.423 e. The van der Waals surface area contributed by atoms with Gasteiger partial charge in [-0.15, -0.1) is 21.8 Å². The summed E-state index contributed by atoms with van der Waals surface area (Å²) < 4.78 is 5.51. The molecule has 1 fully saturated rings. The molecule has 3 nitrogen and oxygen atoms in total. The molecule has 0 spiro atoms. The first kappa shape index (κ1) is 9.00. The minimum Gasteiger partial charge on any atom is -0.423 e. The maximum atomic E-state index is 5.83. The highest BCUT2D eigenvalue weighted by molar-refractivity contribution is 6.20. The van der Waals surface area contributed by atoms with Gasteiger partial charge in [0.25, 0.3) is 0 Å². The van der Waals surface area contributed by atoms with Crippen molar-refractivity contribution in [1.29, 1.82) is 0 Å². The highest BCUT2D eigenvalue weighted by atomic mass is 35.5. The van der Waals surface area contributed by atoms with Crippen LogP contribution in [0.15, 0.2) is 4.42 Å². The minimum absolute atomic E-state index is 0.186. The van der Waals surface area contributed by atoms with Crippen molar-refractivity contribution in [2.45, 2.75) is 43.9 Å². The summed E-state index contributed by atoms with van der Waals surface area (Å²) in [7, 11) is 0. The van der Waals surface area contributed by atoms with E-state index >= 15 is 0 Å². The van der Waals surface area contributed by atoms with Crippen molar-refractivity contribution in [1.82, 2.24) is 10.2 Å². The molecule has 1 aliphatic carbocycles. The van der Waals surface area contributed by atoms with Gasteiger partial charge >= 0.3 is 0 Å². The first-order valence-corrected chi connectivity index (χ1v) is 5.09. The van der Waals surface area contributed by atoms with E-state index in [-0.39, 0.29) is 10.8 Å². The Labute approximate surface area is 82.5 Å². The summed E-state index contributed by atoms with van der Waals surface area (Å²) in [6.45, 7) is 3.99. The van der Waals surface area contributed by atoms with Crippen molar-refractivity contribution < 1.29 is 4.42 Å². The average Bonchev–Trinajstić information content (AvgIpc) is 2.75. The summed E-state index contributed by atoms with van der Waals surface area (Å²) in [6, 6.07) is 0. The van der Waals surface area contributed by atoms with Gasteiger partial charge in [0.15, 0.2) is 0 Å². The molecule has 0 aliphatic heterocycles. The van der Waals surface area contributed by atoms with Gasteiger partial charge in [0.05, 0.1) is 0 Å². The van der Waals surface area contributed by atoms with Crippen molar-refractivity contribution in [3.05, 3.63) is 11.8 Å². The second-order valence-electron chi connectivity index (χ2n) is 3.70. The molecule has 1 aliphatic rings. The molecule has 1 saturated carbocycles. The summed E-state index contributed by atoms with van der Waals surface area (Å²) in [6.07, 6.45) is 3.41. The molecular formula is C9H13ClN2O. The van der Waals surface area contributed by atoms with Crippen LogP contribution in [0.3, 0.4) is 0 Å². The highest BCUT2D eigenvalue weighted by Crippen LogP contribution is 2.50. The van der Waals surface area contributed by atoms with Gasteiger partial charge in [-0.1, -0.05) is 6.92 Å². The Morgan fingerprint density at radius 3 is 2.62 bits per heavy atom. The van der Waals surface area contributed by atoms with Gasteiger partial charge in [-0.25, -0.2) is 0 Å². The fraction of sp³-hybridized carbons (Fsp3) is 0.778. The zero-order chi connectivity index (χ0) is 9.47. The Kier molecular flexibility index (Phi) is 2.06. The van der Waals surface area contributed by atoms with Crippen molar-refractivity contribution in [2.24, 2.45) is 0 Å². The van der Waals surface area contributed by atoms with E-state index in [4.69, 9.17) is 16.0 Å². The Morgan fingerprint density at radius 1 is 1.54 bits per heavy atom. The number of aromatic nitrogens is 2. The molecule has 1 aromatic rings. The SMILES string of the molecule is CCC1(c2nnc(C(C)Cl)o2)CC1. The smallest absolute Gasteiger partial charge is 0.234 e. The van der Waals surface area contributed by atoms with E-state index in [1.807, 2.05) is 6.92 Å².